The standard InChI is InChI=1S/C23H29F3N6O4SSi/c1-22(2,3)38-35-10-16-15(34-13-37)8-17(36-16)32-9-14(6-7-27-21(33)23(24,25)26)18-19(30-12-31(4)5)28-11-29-20(18)32/h9,11-12,15-17,37H,8,10,13H2,1-5H3,(H,27,33)/t15?,16?,17-/m1/s1. The Hall–Kier alpha value is -2.64. The Labute approximate surface area is 226 Å². The monoisotopic (exact) mass is 570 g/mol. The molecule has 2 aromatic heterocycles. The molecule has 2 unspecified atom stereocenters. The average Bonchev–Trinajstić information content (AvgIpc) is 3.38. The minimum Gasteiger partial charge on any atom is -0.414 e. The Kier molecular flexibility index (Phi) is 9.82. The Morgan fingerprint density at radius 3 is 2.76 bits per heavy atom. The Morgan fingerprint density at radius 1 is 1.39 bits per heavy atom. The molecule has 3 atom stereocenters. The van der Waals surface area contributed by atoms with Gasteiger partial charge in [0.05, 0.1) is 35.9 Å². The van der Waals surface area contributed by atoms with Crippen LogP contribution in [0.25, 0.3) is 11.0 Å². The molecule has 1 amide bonds. The van der Waals surface area contributed by atoms with Crippen LogP contribution in [0.5, 0.6) is 0 Å². The van der Waals surface area contributed by atoms with Crippen molar-refractivity contribution in [2.45, 2.75) is 56.8 Å². The Balaban J connectivity index is 1.98. The first-order chi connectivity index (χ1) is 17.8. The molecule has 0 bridgehead atoms. The van der Waals surface area contributed by atoms with Gasteiger partial charge in [0.15, 0.2) is 5.82 Å². The lowest BCUT2D eigenvalue weighted by Gasteiger charge is -2.21. The maximum atomic E-state index is 12.6. The van der Waals surface area contributed by atoms with Crippen molar-refractivity contribution in [2.75, 3.05) is 26.6 Å². The molecule has 206 valence electrons. The quantitative estimate of drug-likeness (QED) is 0.0957. The summed E-state index contributed by atoms with van der Waals surface area (Å²) in [4.78, 5) is 25.8. The van der Waals surface area contributed by atoms with Gasteiger partial charge in [-0.25, -0.2) is 15.0 Å². The van der Waals surface area contributed by atoms with Gasteiger partial charge in [-0.2, -0.15) is 25.8 Å². The van der Waals surface area contributed by atoms with E-state index < -0.39 is 18.3 Å². The summed E-state index contributed by atoms with van der Waals surface area (Å²) < 4.78 is 57.5. The van der Waals surface area contributed by atoms with E-state index in [2.05, 4.69) is 60.3 Å². The van der Waals surface area contributed by atoms with Crippen LogP contribution < -0.4 is 5.32 Å². The molecule has 2 radical (unpaired) electrons. The topological polar surface area (TPSA) is 103 Å². The van der Waals surface area contributed by atoms with Crippen molar-refractivity contribution < 1.29 is 31.9 Å². The van der Waals surface area contributed by atoms with Crippen molar-refractivity contribution in [1.29, 1.82) is 0 Å². The highest BCUT2D eigenvalue weighted by molar-refractivity contribution is 7.80. The van der Waals surface area contributed by atoms with Crippen molar-refractivity contribution in [3.05, 3.63) is 18.1 Å². The largest absolute Gasteiger partial charge is 0.472 e. The van der Waals surface area contributed by atoms with E-state index in [4.69, 9.17) is 13.9 Å². The van der Waals surface area contributed by atoms with Gasteiger partial charge in [0, 0.05) is 32.8 Å². The van der Waals surface area contributed by atoms with E-state index in [-0.39, 0.29) is 44.3 Å². The van der Waals surface area contributed by atoms with Gasteiger partial charge in [-0.3, -0.25) is 10.1 Å². The second-order valence-corrected chi connectivity index (χ2v) is 11.9. The normalized spacial score (nSPS) is 20.1. The maximum Gasteiger partial charge on any atom is 0.472 e. The molecule has 38 heavy (non-hydrogen) atoms. The summed E-state index contributed by atoms with van der Waals surface area (Å²) in [7, 11) is 3.81. The van der Waals surface area contributed by atoms with Gasteiger partial charge in [0.2, 0.25) is 9.76 Å². The summed E-state index contributed by atoms with van der Waals surface area (Å²) in [6, 6.07) is 2.08. The summed E-state index contributed by atoms with van der Waals surface area (Å²) in [5, 5.41) is 1.95. The van der Waals surface area contributed by atoms with Crippen molar-refractivity contribution in [1.82, 2.24) is 24.8 Å². The number of alkyl halides is 3. The number of ether oxygens (including phenoxy) is 2. The highest BCUT2D eigenvalue weighted by Gasteiger charge is 2.39. The Morgan fingerprint density at radius 2 is 2.13 bits per heavy atom. The number of aromatic nitrogens is 3. The van der Waals surface area contributed by atoms with Crippen molar-refractivity contribution in [3.8, 4) is 12.0 Å². The zero-order chi connectivity index (χ0) is 28.1. The second-order valence-electron chi connectivity index (χ2n) is 9.62. The SMILES string of the molecule is CN(C)C=Nc1ncnc2c1c(C#CNC(=O)C(F)(F)F)cn2[C@H]1CC(OCS)C(CO[Si]C(C)(C)C)O1. The number of amides is 1. The summed E-state index contributed by atoms with van der Waals surface area (Å²) in [5.41, 5.74) is 0.670. The molecular weight excluding hydrogens is 541 g/mol. The number of rotatable bonds is 8. The van der Waals surface area contributed by atoms with Gasteiger partial charge in [0.1, 0.15) is 24.3 Å². The molecule has 1 N–H and O–H groups in total. The van der Waals surface area contributed by atoms with Crippen LogP contribution in [0.2, 0.25) is 5.04 Å². The molecule has 0 saturated carbocycles. The lowest BCUT2D eigenvalue weighted by molar-refractivity contribution is -0.172. The molecule has 1 aliphatic rings. The fraction of sp³-hybridized carbons (Fsp3) is 0.565. The fourth-order valence-corrected chi connectivity index (χ4v) is 4.38. The predicted molar refractivity (Wildman–Crippen MR) is 139 cm³/mol. The Bertz CT molecular complexity index is 1220. The molecule has 3 heterocycles. The first-order valence-corrected chi connectivity index (χ1v) is 13.1. The smallest absolute Gasteiger partial charge is 0.414 e. The number of fused-ring (bicyclic) bond motifs is 1. The van der Waals surface area contributed by atoms with E-state index in [1.807, 2.05) is 0 Å². The van der Waals surface area contributed by atoms with E-state index in [1.54, 1.807) is 35.1 Å². The van der Waals surface area contributed by atoms with Crippen LogP contribution in [0.3, 0.4) is 0 Å². The molecular formula is C23H29F3N6O4SSi. The van der Waals surface area contributed by atoms with Crippen molar-refractivity contribution in [2.24, 2.45) is 4.99 Å². The van der Waals surface area contributed by atoms with Gasteiger partial charge in [-0.1, -0.05) is 20.8 Å². The zero-order valence-electron chi connectivity index (χ0n) is 21.5. The fourth-order valence-electron chi connectivity index (χ4n) is 3.51. The number of hydrogen-bond donors (Lipinski definition) is 2. The number of nitrogens with one attached hydrogen (secondary N) is 1. The lowest BCUT2D eigenvalue weighted by Crippen LogP contribution is -2.33. The number of carbonyl (C=O) groups excluding carboxylic acids is 1. The summed E-state index contributed by atoms with van der Waals surface area (Å²) >= 11 is 4.18. The lowest BCUT2D eigenvalue weighted by atomic mass is 10.2. The van der Waals surface area contributed by atoms with Crippen LogP contribution in [0.15, 0.2) is 17.5 Å². The molecule has 0 aliphatic carbocycles. The van der Waals surface area contributed by atoms with E-state index in [0.717, 1.165) is 0 Å². The highest BCUT2D eigenvalue weighted by atomic mass is 32.1. The van der Waals surface area contributed by atoms with Crippen LogP contribution >= 0.6 is 12.6 Å². The summed E-state index contributed by atoms with van der Waals surface area (Å²) in [5.74, 6) is 0.840. The third kappa shape index (κ3) is 7.93. The molecule has 0 spiro atoms. The van der Waals surface area contributed by atoms with E-state index in [0.29, 0.717) is 24.1 Å². The highest BCUT2D eigenvalue weighted by Crippen LogP contribution is 2.36. The average molecular weight is 571 g/mol. The molecule has 1 saturated heterocycles. The van der Waals surface area contributed by atoms with Gasteiger partial charge in [-0.05, 0) is 11.0 Å². The van der Waals surface area contributed by atoms with Gasteiger partial charge in [-0.15, -0.1) is 0 Å². The van der Waals surface area contributed by atoms with E-state index >= 15 is 0 Å². The van der Waals surface area contributed by atoms with Gasteiger partial charge in [0.25, 0.3) is 0 Å². The third-order valence-corrected chi connectivity index (χ3v) is 6.11. The van der Waals surface area contributed by atoms with Crippen LogP contribution in [0.4, 0.5) is 19.0 Å². The van der Waals surface area contributed by atoms with Crippen molar-refractivity contribution in [3.63, 3.8) is 0 Å². The van der Waals surface area contributed by atoms with Crippen LogP contribution in [-0.4, -0.2) is 86.5 Å². The number of halogens is 3. The maximum absolute atomic E-state index is 12.6. The number of nitrogens with zero attached hydrogens (tertiary/aromatic N) is 5. The molecule has 0 aromatic carbocycles. The first-order valence-electron chi connectivity index (χ1n) is 11.5. The van der Waals surface area contributed by atoms with Crippen molar-refractivity contribution >= 4 is 51.5 Å². The van der Waals surface area contributed by atoms with E-state index in [1.165, 1.54) is 12.7 Å². The molecule has 15 heteroatoms. The predicted octanol–water partition coefficient (Wildman–Crippen LogP) is 3.05. The first kappa shape index (κ1) is 29.9. The van der Waals surface area contributed by atoms with Crippen LogP contribution in [0, 0.1) is 12.0 Å². The molecule has 2 aromatic rings. The zero-order valence-corrected chi connectivity index (χ0v) is 23.4. The molecule has 3 rings (SSSR count). The number of aliphatic imine (C=N–C) groups is 1. The minimum atomic E-state index is -5.06. The van der Waals surface area contributed by atoms with Gasteiger partial charge >= 0.3 is 12.1 Å². The minimum absolute atomic E-state index is 0.00400. The summed E-state index contributed by atoms with van der Waals surface area (Å²) in [6.07, 6.45) is -1.43. The van der Waals surface area contributed by atoms with Crippen LogP contribution in [0.1, 0.15) is 39.0 Å². The number of thiol groups is 1. The molecule has 1 aliphatic heterocycles. The number of hydrogen-bond acceptors (Lipinski definition) is 8. The third-order valence-electron chi connectivity index (χ3n) is 5.04. The van der Waals surface area contributed by atoms with E-state index in [9.17, 15) is 18.0 Å². The molecule has 1 fully saturated rings. The van der Waals surface area contributed by atoms with Crippen LogP contribution in [-0.2, 0) is 18.7 Å². The number of carbonyl (C=O) groups is 1. The molecule has 10 nitrogen and oxygen atoms in total. The summed E-state index contributed by atoms with van der Waals surface area (Å²) in [6.45, 7) is 6.54. The van der Waals surface area contributed by atoms with Gasteiger partial charge < -0.3 is 23.4 Å². The second kappa shape index (κ2) is 12.5.